The number of halogens is 2. The van der Waals surface area contributed by atoms with Crippen LogP contribution in [0, 0.1) is 0 Å². The Morgan fingerprint density at radius 3 is 1.74 bits per heavy atom. The molecule has 0 aliphatic carbocycles. The summed E-state index contributed by atoms with van der Waals surface area (Å²) >= 11 is 0. The number of nitrogens with zero attached hydrogens (tertiary/aromatic N) is 2. The van der Waals surface area contributed by atoms with Gasteiger partial charge in [0.1, 0.15) is 6.54 Å². The number of rotatable bonds is 13. The third-order valence-corrected chi connectivity index (χ3v) is 5.22. The average Bonchev–Trinajstić information content (AvgIpc) is 2.56. The van der Waals surface area contributed by atoms with Gasteiger partial charge in [-0.1, -0.05) is 56.7 Å². The Morgan fingerprint density at radius 1 is 0.778 bits per heavy atom. The lowest BCUT2D eigenvalue weighted by atomic mass is 10.1. The lowest BCUT2D eigenvalue weighted by Crippen LogP contribution is -3.00. The molecule has 1 rings (SSSR count). The van der Waals surface area contributed by atoms with E-state index in [0.29, 0.717) is 0 Å². The summed E-state index contributed by atoms with van der Waals surface area (Å²) in [6, 6.07) is 8.82. The molecule has 0 spiro atoms. The van der Waals surface area contributed by atoms with Gasteiger partial charge in [-0.25, -0.2) is 0 Å². The maximum atomic E-state index is 3.83. The number of hydrogen-bond donors (Lipinski definition) is 0. The average molecular weight is 462 g/mol. The highest BCUT2D eigenvalue weighted by Gasteiger charge is 2.18. The van der Waals surface area contributed by atoms with E-state index in [2.05, 4.69) is 66.0 Å². The minimum Gasteiger partial charge on any atom is -1.00 e. The van der Waals surface area contributed by atoms with Gasteiger partial charge in [-0.05, 0) is 18.4 Å². The predicted octanol–water partition coefficient (Wildman–Crippen LogP) is -0.649. The molecule has 0 radical (unpaired) electrons. The molecular weight excluding hydrogens is 420 g/mol. The van der Waals surface area contributed by atoms with Crippen LogP contribution in [0.1, 0.15) is 56.6 Å². The van der Waals surface area contributed by atoms with E-state index >= 15 is 0 Å². The van der Waals surface area contributed by atoms with Crippen molar-refractivity contribution in [2.75, 3.05) is 47.8 Å². The molecule has 4 heteroatoms. The SMILES string of the molecule is C=Cc1ccc(C[N+](C)(C)CCCC[N+](C)(C)CCCCCC)cc1.[Br-].[Cl-]. The van der Waals surface area contributed by atoms with Gasteiger partial charge < -0.3 is 38.4 Å². The maximum Gasteiger partial charge on any atom is 0.104 e. The van der Waals surface area contributed by atoms with E-state index in [0.717, 1.165) is 11.0 Å². The molecule has 0 amide bonds. The van der Waals surface area contributed by atoms with Crippen LogP contribution in [-0.2, 0) is 6.54 Å². The van der Waals surface area contributed by atoms with E-state index in [4.69, 9.17) is 0 Å². The first-order valence-corrected chi connectivity index (χ1v) is 10.1. The van der Waals surface area contributed by atoms with Crippen LogP contribution in [-0.4, -0.2) is 56.8 Å². The van der Waals surface area contributed by atoms with Crippen LogP contribution in [0.2, 0.25) is 0 Å². The van der Waals surface area contributed by atoms with Gasteiger partial charge in [0, 0.05) is 18.4 Å². The van der Waals surface area contributed by atoms with Crippen LogP contribution in [0.5, 0.6) is 0 Å². The van der Waals surface area contributed by atoms with Crippen LogP contribution in [0.25, 0.3) is 6.08 Å². The fraction of sp³-hybridized carbons (Fsp3) is 0.652. The van der Waals surface area contributed by atoms with Gasteiger partial charge in [0.25, 0.3) is 0 Å². The predicted molar refractivity (Wildman–Crippen MR) is 112 cm³/mol. The minimum absolute atomic E-state index is 0. The van der Waals surface area contributed by atoms with E-state index in [-0.39, 0.29) is 29.4 Å². The molecule has 0 heterocycles. The number of benzene rings is 1. The molecule has 1 aromatic carbocycles. The van der Waals surface area contributed by atoms with Gasteiger partial charge in [-0.3, -0.25) is 0 Å². The van der Waals surface area contributed by atoms with Gasteiger partial charge >= 0.3 is 0 Å². The summed E-state index contributed by atoms with van der Waals surface area (Å²) in [5.41, 5.74) is 2.62. The van der Waals surface area contributed by atoms with Crippen molar-refractivity contribution < 1.29 is 38.4 Å². The van der Waals surface area contributed by atoms with Crippen molar-refractivity contribution in [3.05, 3.63) is 42.0 Å². The summed E-state index contributed by atoms with van der Waals surface area (Å²) in [7, 11) is 9.50. The van der Waals surface area contributed by atoms with E-state index in [9.17, 15) is 0 Å². The monoisotopic (exact) mass is 460 g/mol. The molecule has 0 aromatic heterocycles. The molecular formula is C23H42BrClN2. The lowest BCUT2D eigenvalue weighted by molar-refractivity contribution is -0.906. The van der Waals surface area contributed by atoms with Crippen molar-refractivity contribution in [1.29, 1.82) is 0 Å². The summed E-state index contributed by atoms with van der Waals surface area (Å²) in [6.45, 7) is 11.1. The summed E-state index contributed by atoms with van der Waals surface area (Å²) in [6.07, 6.45) is 10.0. The number of unbranched alkanes of at least 4 members (excludes halogenated alkanes) is 4. The Bertz CT molecular complexity index is 498. The van der Waals surface area contributed by atoms with Crippen molar-refractivity contribution in [2.45, 2.75) is 52.0 Å². The van der Waals surface area contributed by atoms with Crippen LogP contribution < -0.4 is 29.4 Å². The molecule has 0 N–H and O–H groups in total. The Labute approximate surface area is 186 Å². The van der Waals surface area contributed by atoms with Crippen LogP contribution in [0.3, 0.4) is 0 Å². The topological polar surface area (TPSA) is 0 Å². The molecule has 0 aliphatic rings. The number of quaternary nitrogens is 2. The molecule has 158 valence electrons. The summed E-state index contributed by atoms with van der Waals surface area (Å²) in [5.74, 6) is 0. The first-order valence-electron chi connectivity index (χ1n) is 10.1. The smallest absolute Gasteiger partial charge is 0.104 e. The maximum absolute atomic E-state index is 3.83. The molecule has 0 aliphatic heterocycles. The van der Waals surface area contributed by atoms with E-state index in [1.54, 1.807) is 0 Å². The molecule has 0 bridgehead atoms. The molecule has 27 heavy (non-hydrogen) atoms. The van der Waals surface area contributed by atoms with Crippen LogP contribution in [0.15, 0.2) is 30.8 Å². The second kappa shape index (κ2) is 14.6. The van der Waals surface area contributed by atoms with Crippen molar-refractivity contribution in [2.24, 2.45) is 0 Å². The van der Waals surface area contributed by atoms with Gasteiger partial charge in [-0.2, -0.15) is 0 Å². The molecule has 0 saturated carbocycles. The second-order valence-electron chi connectivity index (χ2n) is 8.91. The fourth-order valence-corrected chi connectivity index (χ4v) is 3.49. The molecule has 0 atom stereocenters. The third kappa shape index (κ3) is 13.5. The standard InChI is InChI=1S/C23H42N2.BrH.ClH/c1-7-9-10-11-18-24(3,4)19-12-13-20-25(5,6)21-23-16-14-22(8-2)15-17-23;;/h8,14-17H,2,7,9-13,18-21H2,1,3-6H3;2*1H/q+2;;/p-2. The minimum atomic E-state index is 0. The van der Waals surface area contributed by atoms with Crippen molar-refractivity contribution in [3.8, 4) is 0 Å². The molecule has 0 saturated heterocycles. The van der Waals surface area contributed by atoms with Crippen molar-refractivity contribution in [1.82, 2.24) is 0 Å². The van der Waals surface area contributed by atoms with Gasteiger partial charge in [0.05, 0.1) is 47.8 Å². The number of hydrogen-bond acceptors (Lipinski definition) is 0. The van der Waals surface area contributed by atoms with Crippen LogP contribution in [0.4, 0.5) is 0 Å². The first-order chi connectivity index (χ1) is 11.8. The zero-order valence-electron chi connectivity index (χ0n) is 18.3. The Morgan fingerprint density at radius 2 is 1.26 bits per heavy atom. The molecule has 0 unspecified atom stereocenters. The molecule has 0 fully saturated rings. The highest BCUT2D eigenvalue weighted by Crippen LogP contribution is 2.14. The van der Waals surface area contributed by atoms with Gasteiger partial charge in [-0.15, -0.1) is 0 Å². The largest absolute Gasteiger partial charge is 1.00 e. The Kier molecular flexibility index (Phi) is 15.6. The molecule has 1 aromatic rings. The Balaban J connectivity index is 0. The quantitative estimate of drug-likeness (QED) is 0.271. The summed E-state index contributed by atoms with van der Waals surface area (Å²) in [5, 5.41) is 0. The van der Waals surface area contributed by atoms with E-state index in [1.807, 2.05) is 6.08 Å². The highest BCUT2D eigenvalue weighted by molar-refractivity contribution is 5.47. The van der Waals surface area contributed by atoms with Crippen molar-refractivity contribution in [3.63, 3.8) is 0 Å². The first kappa shape index (κ1) is 28.9. The summed E-state index contributed by atoms with van der Waals surface area (Å²) in [4.78, 5) is 0. The second-order valence-corrected chi connectivity index (χ2v) is 8.91. The highest BCUT2D eigenvalue weighted by atomic mass is 79.9. The summed E-state index contributed by atoms with van der Waals surface area (Å²) < 4.78 is 2.25. The fourth-order valence-electron chi connectivity index (χ4n) is 3.49. The third-order valence-electron chi connectivity index (χ3n) is 5.22. The molecule has 2 nitrogen and oxygen atoms in total. The van der Waals surface area contributed by atoms with Crippen LogP contribution >= 0.6 is 0 Å². The van der Waals surface area contributed by atoms with E-state index in [1.165, 1.54) is 73.8 Å². The van der Waals surface area contributed by atoms with Gasteiger partial charge in [0.2, 0.25) is 0 Å². The van der Waals surface area contributed by atoms with Gasteiger partial charge in [0.15, 0.2) is 0 Å². The lowest BCUT2D eigenvalue weighted by Gasteiger charge is -2.32. The Hall–Kier alpha value is -0.350. The van der Waals surface area contributed by atoms with Crippen molar-refractivity contribution >= 4 is 6.08 Å². The zero-order valence-corrected chi connectivity index (χ0v) is 20.7. The zero-order chi connectivity index (χ0) is 18.8. The van der Waals surface area contributed by atoms with E-state index < -0.39 is 0 Å². The normalized spacial score (nSPS) is 11.4.